The molecule has 0 saturated heterocycles. The van der Waals surface area contributed by atoms with Gasteiger partial charge in [0, 0.05) is 17.8 Å². The first-order chi connectivity index (χ1) is 8.17. The molecule has 1 aromatic rings. The maximum absolute atomic E-state index is 11.3. The van der Waals surface area contributed by atoms with Gasteiger partial charge in [0.15, 0.2) is 0 Å². The summed E-state index contributed by atoms with van der Waals surface area (Å²) in [5.41, 5.74) is 2.71. The molecule has 0 aliphatic rings. The second kappa shape index (κ2) is 6.74. The summed E-state index contributed by atoms with van der Waals surface area (Å²) >= 11 is 0. The van der Waals surface area contributed by atoms with Gasteiger partial charge in [-0.25, -0.2) is 4.79 Å². The lowest BCUT2D eigenvalue weighted by Crippen LogP contribution is -2.14. The molecular formula is C14H19NO2. The van der Waals surface area contributed by atoms with Gasteiger partial charge in [0.1, 0.15) is 0 Å². The summed E-state index contributed by atoms with van der Waals surface area (Å²) in [5, 5.41) is 3.13. The van der Waals surface area contributed by atoms with Crippen molar-refractivity contribution < 1.29 is 9.53 Å². The van der Waals surface area contributed by atoms with Crippen LogP contribution in [-0.2, 0) is 16.0 Å². The van der Waals surface area contributed by atoms with Gasteiger partial charge < -0.3 is 10.1 Å². The SMILES string of the molecule is C=C(CNc1ccc(CC)cc1)C(=O)OCC. The number of rotatable bonds is 6. The molecule has 0 bridgehead atoms. The summed E-state index contributed by atoms with van der Waals surface area (Å²) in [7, 11) is 0. The van der Waals surface area contributed by atoms with E-state index in [0.717, 1.165) is 12.1 Å². The Balaban J connectivity index is 2.44. The lowest BCUT2D eigenvalue weighted by molar-refractivity contribution is -0.138. The molecule has 0 unspecified atom stereocenters. The quantitative estimate of drug-likeness (QED) is 0.606. The summed E-state index contributed by atoms with van der Waals surface area (Å²) in [4.78, 5) is 11.3. The van der Waals surface area contributed by atoms with Crippen LogP contribution in [0.4, 0.5) is 5.69 Å². The minimum atomic E-state index is -0.342. The van der Waals surface area contributed by atoms with Crippen LogP contribution in [-0.4, -0.2) is 19.1 Å². The lowest BCUT2D eigenvalue weighted by atomic mass is 10.1. The van der Waals surface area contributed by atoms with Crippen LogP contribution in [0.3, 0.4) is 0 Å². The molecule has 92 valence electrons. The number of aryl methyl sites for hydroxylation is 1. The summed E-state index contributed by atoms with van der Waals surface area (Å²) in [6.07, 6.45) is 1.02. The van der Waals surface area contributed by atoms with Crippen LogP contribution < -0.4 is 5.32 Å². The third-order valence-corrected chi connectivity index (χ3v) is 2.43. The van der Waals surface area contributed by atoms with Crippen molar-refractivity contribution in [2.45, 2.75) is 20.3 Å². The fraction of sp³-hybridized carbons (Fsp3) is 0.357. The molecule has 0 radical (unpaired) electrons. The number of anilines is 1. The van der Waals surface area contributed by atoms with Crippen molar-refractivity contribution in [3.8, 4) is 0 Å². The van der Waals surface area contributed by atoms with Gasteiger partial charge in [0.05, 0.1) is 6.61 Å². The molecule has 0 aliphatic carbocycles. The highest BCUT2D eigenvalue weighted by atomic mass is 16.5. The van der Waals surface area contributed by atoms with Crippen molar-refractivity contribution in [1.29, 1.82) is 0 Å². The number of hydrogen-bond acceptors (Lipinski definition) is 3. The lowest BCUT2D eigenvalue weighted by Gasteiger charge is -2.08. The molecule has 0 amide bonds. The Morgan fingerprint density at radius 3 is 2.47 bits per heavy atom. The Hall–Kier alpha value is -1.77. The van der Waals surface area contributed by atoms with E-state index in [2.05, 4.69) is 31.0 Å². The zero-order valence-electron chi connectivity index (χ0n) is 10.5. The molecule has 1 N–H and O–H groups in total. The first kappa shape index (κ1) is 13.3. The average Bonchev–Trinajstić information content (AvgIpc) is 2.36. The molecule has 0 saturated carbocycles. The maximum Gasteiger partial charge on any atom is 0.335 e. The second-order valence-electron chi connectivity index (χ2n) is 3.73. The van der Waals surface area contributed by atoms with Crippen molar-refractivity contribution in [2.75, 3.05) is 18.5 Å². The van der Waals surface area contributed by atoms with E-state index in [1.54, 1.807) is 6.92 Å². The molecule has 0 atom stereocenters. The van der Waals surface area contributed by atoms with E-state index in [-0.39, 0.29) is 5.97 Å². The number of benzene rings is 1. The van der Waals surface area contributed by atoms with Gasteiger partial charge in [-0.2, -0.15) is 0 Å². The van der Waals surface area contributed by atoms with Gasteiger partial charge in [-0.1, -0.05) is 25.6 Å². The molecule has 0 spiro atoms. The highest BCUT2D eigenvalue weighted by molar-refractivity contribution is 5.88. The number of hydrogen-bond donors (Lipinski definition) is 1. The third-order valence-electron chi connectivity index (χ3n) is 2.43. The topological polar surface area (TPSA) is 38.3 Å². The average molecular weight is 233 g/mol. The highest BCUT2D eigenvalue weighted by Gasteiger charge is 2.06. The van der Waals surface area contributed by atoms with Crippen LogP contribution in [0.5, 0.6) is 0 Å². The molecule has 3 nitrogen and oxygen atoms in total. The van der Waals surface area contributed by atoms with E-state index in [0.29, 0.717) is 18.7 Å². The van der Waals surface area contributed by atoms with Gasteiger partial charge in [-0.15, -0.1) is 0 Å². The number of carbonyl (C=O) groups is 1. The maximum atomic E-state index is 11.3. The normalized spacial score (nSPS) is 9.76. The number of ether oxygens (including phenoxy) is 1. The monoisotopic (exact) mass is 233 g/mol. The van der Waals surface area contributed by atoms with Gasteiger partial charge in [-0.05, 0) is 31.0 Å². The Kier molecular flexibility index (Phi) is 5.27. The van der Waals surface area contributed by atoms with Gasteiger partial charge in [-0.3, -0.25) is 0 Å². The minimum Gasteiger partial charge on any atom is -0.463 e. The van der Waals surface area contributed by atoms with E-state index in [4.69, 9.17) is 4.74 Å². The van der Waals surface area contributed by atoms with E-state index >= 15 is 0 Å². The Bertz CT molecular complexity index is 382. The fourth-order valence-corrected chi connectivity index (χ4v) is 1.37. The smallest absolute Gasteiger partial charge is 0.335 e. The predicted octanol–water partition coefficient (Wildman–Crippen LogP) is 2.78. The minimum absolute atomic E-state index is 0.342. The van der Waals surface area contributed by atoms with E-state index in [1.807, 2.05) is 12.1 Å². The summed E-state index contributed by atoms with van der Waals surface area (Å²) < 4.78 is 4.85. The molecule has 1 rings (SSSR count). The van der Waals surface area contributed by atoms with Crippen molar-refractivity contribution >= 4 is 11.7 Å². The first-order valence-electron chi connectivity index (χ1n) is 5.85. The van der Waals surface area contributed by atoms with Crippen LogP contribution in [0.1, 0.15) is 19.4 Å². The van der Waals surface area contributed by atoms with E-state index in [1.165, 1.54) is 5.56 Å². The van der Waals surface area contributed by atoms with E-state index in [9.17, 15) is 4.79 Å². The number of esters is 1. The molecule has 1 aromatic carbocycles. The first-order valence-corrected chi connectivity index (χ1v) is 5.85. The van der Waals surface area contributed by atoms with Gasteiger partial charge in [0.2, 0.25) is 0 Å². The van der Waals surface area contributed by atoms with Crippen molar-refractivity contribution in [1.82, 2.24) is 0 Å². The highest BCUT2D eigenvalue weighted by Crippen LogP contribution is 2.10. The zero-order valence-corrected chi connectivity index (χ0v) is 10.5. The van der Waals surface area contributed by atoms with E-state index < -0.39 is 0 Å². The van der Waals surface area contributed by atoms with Crippen molar-refractivity contribution in [2.24, 2.45) is 0 Å². The summed E-state index contributed by atoms with van der Waals surface area (Å²) in [6, 6.07) is 8.12. The number of nitrogens with one attached hydrogen (secondary N) is 1. The standard InChI is InChI=1S/C14H19NO2/c1-4-12-6-8-13(9-7-12)15-10-11(3)14(16)17-5-2/h6-9,15H,3-5,10H2,1-2H3. The predicted molar refractivity (Wildman–Crippen MR) is 70.1 cm³/mol. The summed E-state index contributed by atoms with van der Waals surface area (Å²) in [6.45, 7) is 8.37. The molecule has 3 heteroatoms. The van der Waals surface area contributed by atoms with Crippen molar-refractivity contribution in [3.05, 3.63) is 42.0 Å². The van der Waals surface area contributed by atoms with Crippen LogP contribution >= 0.6 is 0 Å². The van der Waals surface area contributed by atoms with Gasteiger partial charge >= 0.3 is 5.97 Å². The number of carbonyl (C=O) groups excluding carboxylic acids is 1. The molecule has 0 aromatic heterocycles. The molecule has 0 fully saturated rings. The molecular weight excluding hydrogens is 214 g/mol. The second-order valence-corrected chi connectivity index (χ2v) is 3.73. The van der Waals surface area contributed by atoms with Crippen LogP contribution in [0.15, 0.2) is 36.4 Å². The fourth-order valence-electron chi connectivity index (χ4n) is 1.37. The third kappa shape index (κ3) is 4.31. The van der Waals surface area contributed by atoms with Crippen LogP contribution in [0.2, 0.25) is 0 Å². The largest absolute Gasteiger partial charge is 0.463 e. The summed E-state index contributed by atoms with van der Waals surface area (Å²) in [5.74, 6) is -0.342. The Labute approximate surface area is 102 Å². The van der Waals surface area contributed by atoms with Gasteiger partial charge in [0.25, 0.3) is 0 Å². The Morgan fingerprint density at radius 2 is 1.94 bits per heavy atom. The molecule has 17 heavy (non-hydrogen) atoms. The van der Waals surface area contributed by atoms with Crippen LogP contribution in [0.25, 0.3) is 0 Å². The Morgan fingerprint density at radius 1 is 1.29 bits per heavy atom. The van der Waals surface area contributed by atoms with Crippen LogP contribution in [0, 0.1) is 0 Å². The van der Waals surface area contributed by atoms with Crippen molar-refractivity contribution in [3.63, 3.8) is 0 Å². The zero-order chi connectivity index (χ0) is 12.7. The molecule has 0 heterocycles. The molecule has 0 aliphatic heterocycles.